The van der Waals surface area contributed by atoms with Gasteiger partial charge in [0.05, 0.1) is 13.0 Å². The van der Waals surface area contributed by atoms with Gasteiger partial charge in [-0.05, 0) is 56.5 Å². The first-order valence-corrected chi connectivity index (χ1v) is 12.3. The van der Waals surface area contributed by atoms with Crippen LogP contribution in [0.15, 0.2) is 42.5 Å². The number of nitrogens with two attached hydrogens (primary N) is 1. The molecule has 1 amide bonds. The van der Waals surface area contributed by atoms with E-state index in [1.165, 1.54) is 37.1 Å². The molecule has 0 bridgehead atoms. The number of allylic oxidation sites excluding steroid dienone is 4. The minimum Gasteiger partial charge on any atom is -0.425 e. The number of likely N-dealkylation sites (tertiary alicyclic amines) is 1. The number of anilines is 2. The highest BCUT2D eigenvalue weighted by molar-refractivity contribution is 6.42. The minimum atomic E-state index is -0.691. The Bertz CT molecular complexity index is 1170. The van der Waals surface area contributed by atoms with Gasteiger partial charge in [0, 0.05) is 18.6 Å². The molecule has 1 fully saturated rings. The monoisotopic (exact) mass is 492 g/mol. The van der Waals surface area contributed by atoms with Crippen molar-refractivity contribution in [2.75, 3.05) is 44.5 Å². The maximum absolute atomic E-state index is 12.2. The second kappa shape index (κ2) is 11.9. The molecule has 2 aliphatic heterocycles. The fourth-order valence-electron chi connectivity index (χ4n) is 4.45. The third-order valence-corrected chi connectivity index (χ3v) is 6.37. The topological polar surface area (TPSA) is 111 Å². The van der Waals surface area contributed by atoms with Crippen LogP contribution < -0.4 is 20.4 Å². The average molecular weight is 493 g/mol. The van der Waals surface area contributed by atoms with Crippen LogP contribution in [0.5, 0.6) is 6.01 Å². The Hall–Kier alpha value is -3.56. The Morgan fingerprint density at radius 1 is 1.17 bits per heavy atom. The molecule has 0 spiro atoms. The van der Waals surface area contributed by atoms with Crippen LogP contribution in [0.1, 0.15) is 36.6 Å². The molecule has 3 N–H and O–H groups in total. The highest BCUT2D eigenvalue weighted by Crippen LogP contribution is 2.27. The highest BCUT2D eigenvalue weighted by Gasteiger charge is 2.36. The summed E-state index contributed by atoms with van der Waals surface area (Å²) in [6, 6.07) is 9.01. The highest BCUT2D eigenvalue weighted by atomic mass is 16.5. The number of methoxy groups -OCH3 is 1. The number of ketones is 1. The number of benzene rings is 1. The number of nitrogen functional groups attached to an aromatic ring is 1. The van der Waals surface area contributed by atoms with Gasteiger partial charge in [0.15, 0.2) is 11.4 Å². The van der Waals surface area contributed by atoms with E-state index in [2.05, 4.69) is 45.5 Å². The first-order valence-electron chi connectivity index (χ1n) is 12.3. The Labute approximate surface area is 211 Å². The van der Waals surface area contributed by atoms with Crippen molar-refractivity contribution < 1.29 is 23.6 Å². The van der Waals surface area contributed by atoms with E-state index in [9.17, 15) is 9.59 Å². The summed E-state index contributed by atoms with van der Waals surface area (Å²) < 4.78 is 12.6. The van der Waals surface area contributed by atoms with Gasteiger partial charge in [-0.1, -0.05) is 36.4 Å². The van der Waals surface area contributed by atoms with Crippen molar-refractivity contribution in [1.29, 1.82) is 0 Å². The number of amides is 1. The number of nitrogens with one attached hydrogen (secondary N) is 1. The van der Waals surface area contributed by atoms with Crippen LogP contribution in [0, 0.1) is 0 Å². The zero-order valence-electron chi connectivity index (χ0n) is 21.0. The lowest BCUT2D eigenvalue weighted by Gasteiger charge is -2.18. The Morgan fingerprint density at radius 3 is 2.61 bits per heavy atom. The van der Waals surface area contributed by atoms with E-state index in [4.69, 9.17) is 15.2 Å². The summed E-state index contributed by atoms with van der Waals surface area (Å²) >= 11 is 0. The Morgan fingerprint density at radius 2 is 1.89 bits per heavy atom. The summed E-state index contributed by atoms with van der Waals surface area (Å²) in [5.74, 6) is -1.13. The minimum absolute atomic E-state index is 0.0901. The van der Waals surface area contributed by atoms with E-state index in [0.717, 1.165) is 18.7 Å². The zero-order valence-corrected chi connectivity index (χ0v) is 21.0. The van der Waals surface area contributed by atoms with Crippen molar-refractivity contribution in [3.8, 4) is 6.01 Å². The van der Waals surface area contributed by atoms with Crippen LogP contribution in [0.4, 0.5) is 11.5 Å². The lowest BCUT2D eigenvalue weighted by atomic mass is 10.1. The molecule has 3 heterocycles. The Balaban J connectivity index is 1.49. The number of carbonyl (C=O) groups excluding carboxylic acids is 2. The Kier molecular flexibility index (Phi) is 8.45. The number of carbonyl (C=O) groups is 2. The predicted octanol–water partition coefficient (Wildman–Crippen LogP) is 2.30. The van der Waals surface area contributed by atoms with Crippen LogP contribution in [0.25, 0.3) is 5.70 Å². The second-order valence-corrected chi connectivity index (χ2v) is 9.07. The van der Waals surface area contributed by atoms with Crippen molar-refractivity contribution in [1.82, 2.24) is 9.88 Å². The molecule has 1 aromatic carbocycles. The molecule has 0 atom stereocenters. The standard InChI is InChI=1S/C27H33N5O4/c1-19(7-3-4-8-20-9-11-21(12-10-20)18-31-13-5-6-14-31)32-22-17-23(33)26(34)29-24(22)25(28)30-27(32)36-16-15-35-2/h3-4,7,9-12,28H,5-6,8,13-18H2,1-2H3,(H,29,34)/p+1. The average Bonchev–Trinajstić information content (AvgIpc) is 3.37. The first-order chi connectivity index (χ1) is 17.5. The number of hydrogen-bond donors (Lipinski definition) is 2. The molecule has 0 radical (unpaired) electrons. The molecule has 0 unspecified atom stereocenters. The molecule has 1 saturated heterocycles. The lowest BCUT2D eigenvalue weighted by Crippen LogP contribution is -2.45. The van der Waals surface area contributed by atoms with E-state index in [0.29, 0.717) is 18.0 Å². The molecule has 4 rings (SSSR count). The third kappa shape index (κ3) is 6.16. The first kappa shape index (κ1) is 25.5. The van der Waals surface area contributed by atoms with Gasteiger partial charge in [-0.2, -0.15) is 4.57 Å². The summed E-state index contributed by atoms with van der Waals surface area (Å²) in [4.78, 5) is 30.9. The summed E-state index contributed by atoms with van der Waals surface area (Å²) in [5, 5.41) is 2.56. The molecular formula is C27H34N5O4+. The molecule has 9 nitrogen and oxygen atoms in total. The molecule has 190 valence electrons. The maximum atomic E-state index is 12.2. The second-order valence-electron chi connectivity index (χ2n) is 9.07. The molecule has 9 heteroatoms. The van der Waals surface area contributed by atoms with E-state index < -0.39 is 11.7 Å². The zero-order chi connectivity index (χ0) is 25.5. The number of nitrogens with zero attached hydrogens (tertiary/aromatic N) is 3. The quantitative estimate of drug-likeness (QED) is 0.227. The molecule has 2 aliphatic rings. The molecule has 2 aromatic rings. The summed E-state index contributed by atoms with van der Waals surface area (Å²) in [6.45, 7) is 5.93. The summed E-state index contributed by atoms with van der Waals surface area (Å²) in [5.41, 5.74) is 10.3. The van der Waals surface area contributed by atoms with E-state index in [1.54, 1.807) is 11.7 Å². The summed E-state index contributed by atoms with van der Waals surface area (Å²) in [7, 11) is 1.58. The summed E-state index contributed by atoms with van der Waals surface area (Å²) in [6.07, 6.45) is 9.27. The van der Waals surface area contributed by atoms with Crippen molar-refractivity contribution in [2.45, 2.75) is 39.2 Å². The van der Waals surface area contributed by atoms with Crippen LogP contribution in [0.3, 0.4) is 0 Å². The van der Waals surface area contributed by atoms with Gasteiger partial charge in [-0.3, -0.25) is 14.5 Å². The van der Waals surface area contributed by atoms with Gasteiger partial charge >= 0.3 is 6.01 Å². The SMILES string of the molecule is COCCOc1nc(N)c2c([n+]1C(C)=CC=CCc1ccc(CN3CCCC3)cc1)CC(=O)C(=O)N2. The number of Topliss-reactive ketones (excluding diaryl/α,β-unsaturated/α-hetero) is 1. The smallest absolute Gasteiger partial charge is 0.425 e. The van der Waals surface area contributed by atoms with Crippen molar-refractivity contribution >= 4 is 28.9 Å². The maximum Gasteiger partial charge on any atom is 0.505 e. The van der Waals surface area contributed by atoms with Crippen molar-refractivity contribution in [2.24, 2.45) is 0 Å². The van der Waals surface area contributed by atoms with Gasteiger partial charge in [-0.15, -0.1) is 0 Å². The van der Waals surface area contributed by atoms with Gasteiger partial charge in [0.1, 0.15) is 12.3 Å². The fourth-order valence-corrected chi connectivity index (χ4v) is 4.45. The molecule has 1 aromatic heterocycles. The largest absolute Gasteiger partial charge is 0.505 e. The molecule has 0 aliphatic carbocycles. The van der Waals surface area contributed by atoms with E-state index in [1.807, 2.05) is 19.1 Å². The van der Waals surface area contributed by atoms with Crippen LogP contribution in [-0.2, 0) is 33.7 Å². The van der Waals surface area contributed by atoms with E-state index in [-0.39, 0.29) is 24.9 Å². The molecule has 0 saturated carbocycles. The van der Waals surface area contributed by atoms with E-state index >= 15 is 0 Å². The van der Waals surface area contributed by atoms with Crippen LogP contribution >= 0.6 is 0 Å². The lowest BCUT2D eigenvalue weighted by molar-refractivity contribution is -0.600. The number of aromatic nitrogens is 2. The van der Waals surface area contributed by atoms with Crippen LogP contribution in [-0.4, -0.2) is 55.0 Å². The predicted molar refractivity (Wildman–Crippen MR) is 137 cm³/mol. The van der Waals surface area contributed by atoms with Crippen LogP contribution in [0.2, 0.25) is 0 Å². The number of fused-ring (bicyclic) bond motifs is 1. The van der Waals surface area contributed by atoms with Gasteiger partial charge in [0.25, 0.3) is 11.7 Å². The number of hydrogen-bond acceptors (Lipinski definition) is 7. The number of ether oxygens (including phenoxy) is 2. The molecular weight excluding hydrogens is 458 g/mol. The fraction of sp³-hybridized carbons (Fsp3) is 0.407. The number of rotatable bonds is 10. The van der Waals surface area contributed by atoms with Crippen molar-refractivity contribution in [3.05, 3.63) is 59.3 Å². The van der Waals surface area contributed by atoms with Crippen molar-refractivity contribution in [3.63, 3.8) is 0 Å². The van der Waals surface area contributed by atoms with Gasteiger partial charge < -0.3 is 20.5 Å². The molecule has 36 heavy (non-hydrogen) atoms. The van der Waals surface area contributed by atoms with Gasteiger partial charge in [-0.25, -0.2) is 0 Å². The third-order valence-electron chi connectivity index (χ3n) is 6.37. The van der Waals surface area contributed by atoms with Gasteiger partial charge in [0.2, 0.25) is 5.78 Å². The normalized spacial score (nSPS) is 16.4.